The lowest BCUT2D eigenvalue weighted by atomic mass is 10.1. The number of carboxylic acids is 1. The van der Waals surface area contributed by atoms with Gasteiger partial charge in [0.25, 0.3) is 0 Å². The second-order valence-corrected chi connectivity index (χ2v) is 4.93. The molecule has 1 atom stereocenters. The maximum atomic E-state index is 11.9. The van der Waals surface area contributed by atoms with E-state index in [0.29, 0.717) is 24.1 Å². The van der Waals surface area contributed by atoms with E-state index in [2.05, 4.69) is 10.6 Å². The predicted octanol–water partition coefficient (Wildman–Crippen LogP) is 2.63. The zero-order valence-electron chi connectivity index (χ0n) is 12.1. The van der Waals surface area contributed by atoms with Gasteiger partial charge in [0.1, 0.15) is 0 Å². The van der Waals surface area contributed by atoms with Gasteiger partial charge in [-0.25, -0.2) is 4.79 Å². The molecule has 1 aromatic rings. The minimum Gasteiger partial charge on any atom is -0.481 e. The molecule has 0 heterocycles. The first-order valence-electron chi connectivity index (χ1n) is 6.72. The number of anilines is 1. The number of rotatable bonds is 6. The summed E-state index contributed by atoms with van der Waals surface area (Å²) in [6.07, 6.45) is 1.20. The molecule has 6 nitrogen and oxygen atoms in total. The van der Waals surface area contributed by atoms with Crippen molar-refractivity contribution in [3.8, 4) is 6.07 Å². The van der Waals surface area contributed by atoms with Gasteiger partial charge in [0.15, 0.2) is 0 Å². The fraction of sp³-hybridized carbons (Fsp3) is 0.400. The van der Waals surface area contributed by atoms with Crippen LogP contribution in [0.2, 0.25) is 0 Å². The Morgan fingerprint density at radius 1 is 1.43 bits per heavy atom. The molecule has 0 aliphatic carbocycles. The summed E-state index contributed by atoms with van der Waals surface area (Å²) in [5, 5.41) is 22.8. The number of nitrogens with zero attached hydrogens (tertiary/aromatic N) is 1. The molecule has 1 aromatic carbocycles. The van der Waals surface area contributed by atoms with Gasteiger partial charge in [-0.2, -0.15) is 5.26 Å². The van der Waals surface area contributed by atoms with Crippen molar-refractivity contribution in [2.24, 2.45) is 0 Å². The van der Waals surface area contributed by atoms with Gasteiger partial charge in [-0.3, -0.25) is 4.79 Å². The van der Waals surface area contributed by atoms with Crippen LogP contribution in [0.5, 0.6) is 0 Å². The normalized spacial score (nSPS) is 11.3. The van der Waals surface area contributed by atoms with E-state index in [9.17, 15) is 9.59 Å². The number of hydrogen-bond donors (Lipinski definition) is 3. The molecule has 0 spiro atoms. The summed E-state index contributed by atoms with van der Waals surface area (Å²) in [7, 11) is 0. The maximum Gasteiger partial charge on any atom is 0.319 e. The summed E-state index contributed by atoms with van der Waals surface area (Å²) in [5.74, 6) is -0.837. The molecule has 0 saturated heterocycles. The van der Waals surface area contributed by atoms with Crippen molar-refractivity contribution in [1.29, 1.82) is 5.26 Å². The second kappa shape index (κ2) is 7.90. The Morgan fingerprint density at radius 2 is 2.14 bits per heavy atom. The van der Waals surface area contributed by atoms with Crippen LogP contribution < -0.4 is 10.6 Å². The maximum absolute atomic E-state index is 11.9. The molecule has 0 radical (unpaired) electrons. The van der Waals surface area contributed by atoms with Crippen LogP contribution in [0.1, 0.15) is 37.3 Å². The molecular weight excluding hydrogens is 270 g/mol. The minimum atomic E-state index is -0.837. The van der Waals surface area contributed by atoms with E-state index in [1.54, 1.807) is 18.2 Å². The van der Waals surface area contributed by atoms with E-state index in [4.69, 9.17) is 10.4 Å². The van der Waals surface area contributed by atoms with Crippen molar-refractivity contribution in [2.45, 2.75) is 39.2 Å². The van der Waals surface area contributed by atoms with Gasteiger partial charge in [0.05, 0.1) is 11.6 Å². The van der Waals surface area contributed by atoms with Crippen molar-refractivity contribution in [1.82, 2.24) is 5.32 Å². The number of carbonyl (C=O) groups is 2. The standard InChI is InChI=1S/C15H19N3O3/c1-10-6-7-12(9-16)8-13(10)18-15(21)17-11(2)4-3-5-14(19)20/h6-8,11H,3-5H2,1-2H3,(H,19,20)(H2,17,18,21). The molecule has 2 amide bonds. The summed E-state index contributed by atoms with van der Waals surface area (Å²) in [5.41, 5.74) is 1.93. The number of aryl methyl sites for hydroxylation is 1. The lowest BCUT2D eigenvalue weighted by Gasteiger charge is -2.15. The second-order valence-electron chi connectivity index (χ2n) is 4.93. The molecule has 112 valence electrons. The Kier molecular flexibility index (Phi) is 6.21. The van der Waals surface area contributed by atoms with Crippen LogP contribution in [-0.4, -0.2) is 23.1 Å². The highest BCUT2D eigenvalue weighted by Gasteiger charge is 2.10. The van der Waals surface area contributed by atoms with Crippen LogP contribution in [0.15, 0.2) is 18.2 Å². The number of benzene rings is 1. The SMILES string of the molecule is Cc1ccc(C#N)cc1NC(=O)NC(C)CCCC(=O)O. The van der Waals surface area contributed by atoms with Crippen molar-refractivity contribution >= 4 is 17.7 Å². The number of aliphatic carboxylic acids is 1. The molecule has 0 bridgehead atoms. The van der Waals surface area contributed by atoms with Crippen molar-refractivity contribution in [2.75, 3.05) is 5.32 Å². The highest BCUT2D eigenvalue weighted by molar-refractivity contribution is 5.90. The van der Waals surface area contributed by atoms with Gasteiger partial charge in [0, 0.05) is 18.2 Å². The third-order valence-electron chi connectivity index (χ3n) is 3.02. The lowest BCUT2D eigenvalue weighted by molar-refractivity contribution is -0.137. The average Bonchev–Trinajstić information content (AvgIpc) is 2.40. The first-order chi connectivity index (χ1) is 9.92. The topological polar surface area (TPSA) is 102 Å². The Morgan fingerprint density at radius 3 is 2.76 bits per heavy atom. The third kappa shape index (κ3) is 5.95. The molecule has 1 rings (SSSR count). The van der Waals surface area contributed by atoms with E-state index in [1.807, 2.05) is 19.9 Å². The number of nitrogens with one attached hydrogen (secondary N) is 2. The molecular formula is C15H19N3O3. The number of urea groups is 1. The van der Waals surface area contributed by atoms with Crippen molar-refractivity contribution in [3.05, 3.63) is 29.3 Å². The Balaban J connectivity index is 2.50. The molecule has 0 fully saturated rings. The number of amides is 2. The van der Waals surface area contributed by atoms with Crippen molar-refractivity contribution in [3.63, 3.8) is 0 Å². The van der Waals surface area contributed by atoms with Gasteiger partial charge >= 0.3 is 12.0 Å². The van der Waals surface area contributed by atoms with Crippen LogP contribution in [0.3, 0.4) is 0 Å². The quantitative estimate of drug-likeness (QED) is 0.749. The minimum absolute atomic E-state index is 0.0942. The molecule has 21 heavy (non-hydrogen) atoms. The summed E-state index contributed by atoms with van der Waals surface area (Å²) < 4.78 is 0. The predicted molar refractivity (Wildman–Crippen MR) is 79.0 cm³/mol. The molecule has 3 N–H and O–H groups in total. The zero-order valence-corrected chi connectivity index (χ0v) is 12.1. The van der Waals surface area contributed by atoms with Gasteiger partial charge in [-0.1, -0.05) is 6.07 Å². The lowest BCUT2D eigenvalue weighted by Crippen LogP contribution is -2.36. The van der Waals surface area contributed by atoms with Crippen LogP contribution in [-0.2, 0) is 4.79 Å². The fourth-order valence-corrected chi connectivity index (χ4v) is 1.84. The summed E-state index contributed by atoms with van der Waals surface area (Å²) in [4.78, 5) is 22.3. The highest BCUT2D eigenvalue weighted by Crippen LogP contribution is 2.16. The van der Waals surface area contributed by atoms with E-state index < -0.39 is 5.97 Å². The fourth-order valence-electron chi connectivity index (χ4n) is 1.84. The van der Waals surface area contributed by atoms with Crippen LogP contribution in [0, 0.1) is 18.3 Å². The number of carbonyl (C=O) groups excluding carboxylic acids is 1. The Bertz CT molecular complexity index is 564. The van der Waals surface area contributed by atoms with E-state index in [-0.39, 0.29) is 18.5 Å². The smallest absolute Gasteiger partial charge is 0.319 e. The summed E-state index contributed by atoms with van der Waals surface area (Å²) >= 11 is 0. The first kappa shape index (κ1) is 16.5. The van der Waals surface area contributed by atoms with Gasteiger partial charge in [0.2, 0.25) is 0 Å². The van der Waals surface area contributed by atoms with Gasteiger partial charge in [-0.05, 0) is 44.4 Å². The molecule has 1 unspecified atom stereocenters. The molecule has 6 heteroatoms. The van der Waals surface area contributed by atoms with Gasteiger partial charge < -0.3 is 15.7 Å². The van der Waals surface area contributed by atoms with E-state index in [0.717, 1.165) is 5.56 Å². The largest absolute Gasteiger partial charge is 0.481 e. The number of nitriles is 1. The Labute approximate surface area is 123 Å². The third-order valence-corrected chi connectivity index (χ3v) is 3.02. The van der Waals surface area contributed by atoms with E-state index in [1.165, 1.54) is 0 Å². The van der Waals surface area contributed by atoms with E-state index >= 15 is 0 Å². The average molecular weight is 289 g/mol. The van der Waals surface area contributed by atoms with Gasteiger partial charge in [-0.15, -0.1) is 0 Å². The molecule has 0 aromatic heterocycles. The molecule has 0 aliphatic heterocycles. The molecule has 0 aliphatic rings. The monoisotopic (exact) mass is 289 g/mol. The van der Waals surface area contributed by atoms with Crippen LogP contribution in [0.4, 0.5) is 10.5 Å². The zero-order chi connectivity index (χ0) is 15.8. The molecule has 0 saturated carbocycles. The first-order valence-corrected chi connectivity index (χ1v) is 6.72. The van der Waals surface area contributed by atoms with Crippen LogP contribution >= 0.6 is 0 Å². The van der Waals surface area contributed by atoms with Crippen molar-refractivity contribution < 1.29 is 14.7 Å². The Hall–Kier alpha value is -2.55. The summed E-state index contributed by atoms with van der Waals surface area (Å²) in [6, 6.07) is 6.60. The number of hydrogen-bond acceptors (Lipinski definition) is 3. The number of carboxylic acid groups (broad SMARTS) is 1. The summed E-state index contributed by atoms with van der Waals surface area (Å²) in [6.45, 7) is 3.66. The highest BCUT2D eigenvalue weighted by atomic mass is 16.4. The van der Waals surface area contributed by atoms with Crippen LogP contribution in [0.25, 0.3) is 0 Å².